The molecule has 1 saturated heterocycles. The molecule has 10 heavy (non-hydrogen) atoms. The molecule has 0 aromatic rings. The van der Waals surface area contributed by atoms with E-state index in [1.54, 1.807) is 0 Å². The third-order valence-electron chi connectivity index (χ3n) is 1.79. The number of piperazine rings is 1. The Morgan fingerprint density at radius 2 is 2.30 bits per heavy atom. The summed E-state index contributed by atoms with van der Waals surface area (Å²) in [5.41, 5.74) is 0. The summed E-state index contributed by atoms with van der Waals surface area (Å²) in [5.74, 6) is 0. The Labute approximate surface area is 64.6 Å². The predicted octanol–water partition coefficient (Wildman–Crippen LogP) is -0.684. The molecule has 3 N–H and O–H groups in total. The van der Waals surface area contributed by atoms with Crippen LogP contribution in [0.3, 0.4) is 0 Å². The topological polar surface area (TPSA) is 36.1 Å². The minimum Gasteiger partial charge on any atom is -0.311 e. The lowest BCUT2D eigenvalue weighted by atomic mass is 10.2. The van der Waals surface area contributed by atoms with Gasteiger partial charge in [0.1, 0.15) is 0 Å². The zero-order valence-corrected chi connectivity index (χ0v) is 7.51. The van der Waals surface area contributed by atoms with Crippen LogP contribution in [0.15, 0.2) is 0 Å². The van der Waals surface area contributed by atoms with Crippen LogP contribution in [0.25, 0.3) is 0 Å². The molecule has 60 valence electrons. The van der Waals surface area contributed by atoms with Crippen molar-refractivity contribution in [2.24, 2.45) is 0 Å². The minimum atomic E-state index is 0.591. The summed E-state index contributed by atoms with van der Waals surface area (Å²) < 4.78 is 0. The number of hydrogen-bond donors (Lipinski definition) is 3. The maximum absolute atomic E-state index is 3.43. The van der Waals surface area contributed by atoms with Gasteiger partial charge in [0, 0.05) is 31.7 Å². The zero-order valence-electron chi connectivity index (χ0n) is 6.35. The van der Waals surface area contributed by atoms with Gasteiger partial charge in [0.05, 0.1) is 0 Å². The molecule has 1 rings (SSSR count). The van der Waals surface area contributed by atoms with Crippen molar-refractivity contribution >= 4 is 9.39 Å². The highest BCUT2D eigenvalue weighted by Gasteiger charge is 2.14. The Bertz CT molecular complexity index is 91.0. The molecule has 0 radical (unpaired) electrons. The molecule has 0 aromatic heterocycles. The van der Waals surface area contributed by atoms with Crippen molar-refractivity contribution < 1.29 is 0 Å². The molecular weight excluding hydrogens is 145 g/mol. The molecule has 3 nitrogen and oxygen atoms in total. The Morgan fingerprint density at radius 1 is 1.50 bits per heavy atom. The third-order valence-corrected chi connectivity index (χ3v) is 2.03. The highest BCUT2D eigenvalue weighted by Crippen LogP contribution is 1.91. The largest absolute Gasteiger partial charge is 0.311 e. The highest BCUT2D eigenvalue weighted by molar-refractivity contribution is 7.13. The van der Waals surface area contributed by atoms with E-state index in [9.17, 15) is 0 Å². The summed E-state index contributed by atoms with van der Waals surface area (Å²) in [6.07, 6.45) is 0. The van der Waals surface area contributed by atoms with Crippen LogP contribution in [0, 0.1) is 0 Å². The maximum atomic E-state index is 3.43. The summed E-state index contributed by atoms with van der Waals surface area (Å²) in [6.45, 7) is 5.36. The molecule has 0 saturated carbocycles. The van der Waals surface area contributed by atoms with Crippen molar-refractivity contribution in [1.29, 1.82) is 0 Å². The molecule has 1 aliphatic heterocycles. The molecule has 0 bridgehead atoms. The summed E-state index contributed by atoms with van der Waals surface area (Å²) in [5, 5.41) is 9.90. The molecule has 0 aromatic carbocycles. The van der Waals surface area contributed by atoms with E-state index in [1.807, 2.05) is 0 Å². The van der Waals surface area contributed by atoms with Crippen molar-refractivity contribution in [2.45, 2.75) is 19.0 Å². The third kappa shape index (κ3) is 2.51. The molecule has 0 spiro atoms. The molecule has 1 heterocycles. The first-order valence-corrected chi connectivity index (χ1v) is 4.31. The van der Waals surface area contributed by atoms with Gasteiger partial charge in [-0.3, -0.25) is 5.09 Å². The molecule has 3 atom stereocenters. The van der Waals surface area contributed by atoms with Gasteiger partial charge in [-0.15, -0.1) is 0 Å². The molecule has 3 unspecified atom stereocenters. The Morgan fingerprint density at radius 3 is 2.80 bits per heavy atom. The van der Waals surface area contributed by atoms with Crippen molar-refractivity contribution in [2.75, 3.05) is 19.6 Å². The van der Waals surface area contributed by atoms with E-state index >= 15 is 0 Å². The van der Waals surface area contributed by atoms with Gasteiger partial charge in [-0.1, -0.05) is 9.39 Å². The van der Waals surface area contributed by atoms with E-state index < -0.39 is 0 Å². The van der Waals surface area contributed by atoms with E-state index in [0.717, 1.165) is 19.6 Å². The van der Waals surface area contributed by atoms with Crippen molar-refractivity contribution in [3.05, 3.63) is 0 Å². The highest BCUT2D eigenvalue weighted by atomic mass is 31.0. The van der Waals surface area contributed by atoms with Gasteiger partial charge >= 0.3 is 0 Å². The molecule has 1 fully saturated rings. The van der Waals surface area contributed by atoms with Crippen LogP contribution in [0.5, 0.6) is 0 Å². The first-order chi connectivity index (χ1) is 4.83. The summed E-state index contributed by atoms with van der Waals surface area (Å²) >= 11 is 0. The van der Waals surface area contributed by atoms with Crippen LogP contribution in [-0.4, -0.2) is 31.7 Å². The molecule has 1 aliphatic rings. The molecular formula is C6H16N3P. The van der Waals surface area contributed by atoms with E-state index in [2.05, 4.69) is 32.0 Å². The van der Waals surface area contributed by atoms with Crippen LogP contribution in [0.1, 0.15) is 6.92 Å². The fraction of sp³-hybridized carbons (Fsp3) is 1.00. The lowest BCUT2D eigenvalue weighted by molar-refractivity contribution is 0.360. The van der Waals surface area contributed by atoms with Crippen LogP contribution >= 0.6 is 9.39 Å². The van der Waals surface area contributed by atoms with Crippen molar-refractivity contribution in [1.82, 2.24) is 15.7 Å². The average Bonchev–Trinajstić information content (AvgIpc) is 1.95. The number of nitrogens with one attached hydrogen (secondary N) is 3. The number of rotatable bonds is 2. The molecule has 0 amide bonds. The van der Waals surface area contributed by atoms with Crippen LogP contribution in [0.4, 0.5) is 0 Å². The van der Waals surface area contributed by atoms with E-state index in [0.29, 0.717) is 12.1 Å². The van der Waals surface area contributed by atoms with Gasteiger partial charge in [-0.05, 0) is 6.92 Å². The van der Waals surface area contributed by atoms with Crippen LogP contribution in [-0.2, 0) is 0 Å². The van der Waals surface area contributed by atoms with Crippen LogP contribution < -0.4 is 15.7 Å². The second kappa shape index (κ2) is 4.24. The van der Waals surface area contributed by atoms with Gasteiger partial charge in [-0.25, -0.2) is 0 Å². The fourth-order valence-electron chi connectivity index (χ4n) is 1.12. The Hall–Kier alpha value is 0.310. The Balaban J connectivity index is 2.13. The second-order valence-electron chi connectivity index (χ2n) is 2.82. The standard InChI is InChI=1S/C6H16N3P/c1-5-2-8-6(3-7-5)4-9-10/h5-9H,2-4,10H2,1H3. The van der Waals surface area contributed by atoms with Gasteiger partial charge in [0.25, 0.3) is 0 Å². The first kappa shape index (κ1) is 8.41. The lowest BCUT2D eigenvalue weighted by Gasteiger charge is -2.28. The Kier molecular flexibility index (Phi) is 3.57. The molecule has 0 aliphatic carbocycles. The predicted molar refractivity (Wildman–Crippen MR) is 47.0 cm³/mol. The van der Waals surface area contributed by atoms with Crippen molar-refractivity contribution in [3.8, 4) is 0 Å². The average molecular weight is 161 g/mol. The summed E-state index contributed by atoms with van der Waals surface area (Å²) in [7, 11) is 2.52. The number of hydrogen-bond acceptors (Lipinski definition) is 3. The minimum absolute atomic E-state index is 0.591. The van der Waals surface area contributed by atoms with E-state index in [-0.39, 0.29) is 0 Å². The fourth-order valence-corrected chi connectivity index (χ4v) is 1.40. The SMILES string of the molecule is CC1CNC(CNP)CN1. The van der Waals surface area contributed by atoms with Gasteiger partial charge in [-0.2, -0.15) is 0 Å². The second-order valence-corrected chi connectivity index (χ2v) is 3.23. The van der Waals surface area contributed by atoms with Crippen LogP contribution in [0.2, 0.25) is 0 Å². The first-order valence-electron chi connectivity index (χ1n) is 3.73. The van der Waals surface area contributed by atoms with Gasteiger partial charge in [0.2, 0.25) is 0 Å². The monoisotopic (exact) mass is 161 g/mol. The lowest BCUT2D eigenvalue weighted by Crippen LogP contribution is -2.55. The quantitative estimate of drug-likeness (QED) is 0.469. The van der Waals surface area contributed by atoms with E-state index in [4.69, 9.17) is 0 Å². The van der Waals surface area contributed by atoms with Crippen molar-refractivity contribution in [3.63, 3.8) is 0 Å². The smallest absolute Gasteiger partial charge is 0.0321 e. The zero-order chi connectivity index (χ0) is 7.40. The summed E-state index contributed by atoms with van der Waals surface area (Å²) in [6, 6.07) is 1.22. The van der Waals surface area contributed by atoms with Gasteiger partial charge < -0.3 is 10.6 Å². The normalized spacial score (nSPS) is 34.2. The maximum Gasteiger partial charge on any atom is 0.0321 e. The van der Waals surface area contributed by atoms with E-state index in [1.165, 1.54) is 0 Å². The summed E-state index contributed by atoms with van der Waals surface area (Å²) in [4.78, 5) is 0. The molecule has 4 heteroatoms. The van der Waals surface area contributed by atoms with Gasteiger partial charge in [0.15, 0.2) is 0 Å².